The predicted octanol–water partition coefficient (Wildman–Crippen LogP) is 4.94. The molecule has 0 spiro atoms. The third kappa shape index (κ3) is 3.81. The van der Waals surface area contributed by atoms with Gasteiger partial charge in [0.15, 0.2) is 0 Å². The van der Waals surface area contributed by atoms with E-state index < -0.39 is 0 Å². The smallest absolute Gasteiger partial charge is 0.0981 e. The number of hydrogen-bond donors (Lipinski definition) is 1. The quantitative estimate of drug-likeness (QED) is 0.865. The molecule has 4 heteroatoms. The summed E-state index contributed by atoms with van der Waals surface area (Å²) in [6, 6.07) is 8.19. The van der Waals surface area contributed by atoms with Gasteiger partial charge < -0.3 is 5.32 Å². The monoisotopic (exact) mass is 308 g/mol. The molecule has 0 bridgehead atoms. The number of nitrogens with one attached hydrogen (secondary N) is 1. The van der Waals surface area contributed by atoms with E-state index in [1.165, 1.54) is 9.88 Å². The summed E-state index contributed by atoms with van der Waals surface area (Å²) < 4.78 is 0. The number of rotatable bonds is 4. The van der Waals surface area contributed by atoms with Crippen molar-refractivity contribution in [3.05, 3.63) is 50.9 Å². The van der Waals surface area contributed by atoms with E-state index in [4.69, 9.17) is 11.6 Å². The molecule has 0 aliphatic carbocycles. The normalized spacial score (nSPS) is 13.4. The van der Waals surface area contributed by atoms with Crippen molar-refractivity contribution in [1.29, 1.82) is 0 Å². The molecule has 2 nitrogen and oxygen atoms in total. The highest BCUT2D eigenvalue weighted by molar-refractivity contribution is 7.11. The molecule has 0 amide bonds. The highest BCUT2D eigenvalue weighted by Crippen LogP contribution is 2.27. The molecule has 2 rings (SSSR count). The van der Waals surface area contributed by atoms with Gasteiger partial charge in [0.05, 0.1) is 5.01 Å². The lowest BCUT2D eigenvalue weighted by Crippen LogP contribution is -2.17. The summed E-state index contributed by atoms with van der Waals surface area (Å²) >= 11 is 7.99. The Bertz CT molecular complexity index is 572. The zero-order valence-corrected chi connectivity index (χ0v) is 14.0. The van der Waals surface area contributed by atoms with Gasteiger partial charge in [-0.1, -0.05) is 50.6 Å². The summed E-state index contributed by atoms with van der Waals surface area (Å²) in [7, 11) is 0. The molecule has 2 aromatic rings. The average Bonchev–Trinajstić information content (AvgIpc) is 2.85. The Morgan fingerprint density at radius 2 is 2.00 bits per heavy atom. The third-order valence-corrected chi connectivity index (χ3v) is 4.92. The molecule has 0 unspecified atom stereocenters. The highest BCUT2D eigenvalue weighted by Gasteiger charge is 2.18. The molecule has 0 saturated heterocycles. The van der Waals surface area contributed by atoms with E-state index in [-0.39, 0.29) is 11.5 Å². The number of hydrogen-bond acceptors (Lipinski definition) is 3. The number of thiazole rings is 1. The van der Waals surface area contributed by atoms with Gasteiger partial charge in [0.1, 0.15) is 0 Å². The number of nitrogens with zero attached hydrogens (tertiary/aromatic N) is 1. The van der Waals surface area contributed by atoms with Crippen LogP contribution in [-0.2, 0) is 12.0 Å². The Morgan fingerprint density at radius 3 is 2.60 bits per heavy atom. The lowest BCUT2D eigenvalue weighted by atomic mass is 9.98. The molecule has 1 heterocycles. The van der Waals surface area contributed by atoms with Crippen molar-refractivity contribution >= 4 is 22.9 Å². The van der Waals surface area contributed by atoms with Crippen LogP contribution < -0.4 is 5.32 Å². The van der Waals surface area contributed by atoms with Crippen molar-refractivity contribution in [2.45, 2.75) is 45.7 Å². The second-order valence-electron chi connectivity index (χ2n) is 6.01. The maximum absolute atomic E-state index is 6.22. The van der Waals surface area contributed by atoms with E-state index >= 15 is 0 Å². The lowest BCUT2D eigenvalue weighted by Gasteiger charge is -2.15. The summed E-state index contributed by atoms with van der Waals surface area (Å²) in [4.78, 5) is 5.77. The van der Waals surface area contributed by atoms with E-state index in [1.54, 1.807) is 11.3 Å². The summed E-state index contributed by atoms with van der Waals surface area (Å²) in [5.41, 5.74) is 1.26. The van der Waals surface area contributed by atoms with Crippen molar-refractivity contribution in [2.24, 2.45) is 0 Å². The van der Waals surface area contributed by atoms with Gasteiger partial charge in [0, 0.05) is 34.1 Å². The molecule has 1 atom stereocenters. The SMILES string of the molecule is C[C@@H](NCc1cnc(C(C)(C)C)s1)c1ccccc1Cl. The van der Waals surface area contributed by atoms with Crippen LogP contribution in [0.25, 0.3) is 0 Å². The van der Waals surface area contributed by atoms with Crippen LogP contribution in [0.5, 0.6) is 0 Å². The maximum Gasteiger partial charge on any atom is 0.0981 e. The Kier molecular flexibility index (Phi) is 4.84. The van der Waals surface area contributed by atoms with Crippen LogP contribution in [0.3, 0.4) is 0 Å². The molecule has 1 aromatic heterocycles. The standard InChI is InChI=1S/C16H21ClN2S/c1-11(13-7-5-6-8-14(13)17)18-9-12-10-19-15(20-12)16(2,3)4/h5-8,10-11,18H,9H2,1-4H3/t11-/m1/s1. The molecule has 0 aliphatic heterocycles. The molecule has 108 valence electrons. The van der Waals surface area contributed by atoms with Crippen LogP contribution in [0.1, 0.15) is 49.2 Å². The Morgan fingerprint density at radius 1 is 1.30 bits per heavy atom. The summed E-state index contributed by atoms with van der Waals surface area (Å²) in [6.07, 6.45) is 1.97. The van der Waals surface area contributed by atoms with Crippen LogP contribution in [0, 0.1) is 0 Å². The van der Waals surface area contributed by atoms with Gasteiger partial charge in [-0.15, -0.1) is 11.3 Å². The second-order valence-corrected chi connectivity index (χ2v) is 7.53. The zero-order valence-electron chi connectivity index (χ0n) is 12.4. The van der Waals surface area contributed by atoms with Gasteiger partial charge in [0.25, 0.3) is 0 Å². The summed E-state index contributed by atoms with van der Waals surface area (Å²) in [5.74, 6) is 0. The van der Waals surface area contributed by atoms with Gasteiger partial charge in [-0.25, -0.2) is 4.98 Å². The highest BCUT2D eigenvalue weighted by atomic mass is 35.5. The first-order valence-electron chi connectivity index (χ1n) is 6.81. The topological polar surface area (TPSA) is 24.9 Å². The Balaban J connectivity index is 1.99. The van der Waals surface area contributed by atoms with Gasteiger partial charge in [-0.2, -0.15) is 0 Å². The van der Waals surface area contributed by atoms with Crippen molar-refractivity contribution < 1.29 is 0 Å². The van der Waals surface area contributed by atoms with Crippen LogP contribution in [0.4, 0.5) is 0 Å². The predicted molar refractivity (Wildman–Crippen MR) is 87.5 cm³/mol. The largest absolute Gasteiger partial charge is 0.305 e. The van der Waals surface area contributed by atoms with Gasteiger partial charge in [-0.05, 0) is 18.6 Å². The third-order valence-electron chi connectivity index (χ3n) is 3.15. The van der Waals surface area contributed by atoms with Crippen LogP contribution in [0.15, 0.2) is 30.5 Å². The van der Waals surface area contributed by atoms with Gasteiger partial charge in [-0.3, -0.25) is 0 Å². The Labute approximate surface area is 130 Å². The van der Waals surface area contributed by atoms with Gasteiger partial charge >= 0.3 is 0 Å². The molecule has 0 fully saturated rings. The van der Waals surface area contributed by atoms with E-state index in [9.17, 15) is 0 Å². The van der Waals surface area contributed by atoms with Crippen LogP contribution in [0.2, 0.25) is 5.02 Å². The minimum Gasteiger partial charge on any atom is -0.305 e. The average molecular weight is 309 g/mol. The number of aromatic nitrogens is 1. The van der Waals surface area contributed by atoms with Crippen LogP contribution in [-0.4, -0.2) is 4.98 Å². The minimum absolute atomic E-state index is 0.122. The summed E-state index contributed by atoms with van der Waals surface area (Å²) in [5, 5.41) is 5.50. The van der Waals surface area contributed by atoms with E-state index in [0.29, 0.717) is 0 Å². The molecule has 0 saturated carbocycles. The molecular formula is C16H21ClN2S. The molecule has 1 N–H and O–H groups in total. The molecule has 0 radical (unpaired) electrons. The van der Waals surface area contributed by atoms with Crippen LogP contribution >= 0.6 is 22.9 Å². The number of halogens is 1. The van der Waals surface area contributed by atoms with Gasteiger partial charge in [0.2, 0.25) is 0 Å². The minimum atomic E-state index is 0.122. The van der Waals surface area contributed by atoms with Crippen molar-refractivity contribution in [1.82, 2.24) is 10.3 Å². The van der Waals surface area contributed by atoms with E-state index in [2.05, 4.69) is 44.1 Å². The first kappa shape index (κ1) is 15.5. The lowest BCUT2D eigenvalue weighted by molar-refractivity contribution is 0.578. The maximum atomic E-state index is 6.22. The first-order chi connectivity index (χ1) is 9.38. The molecule has 0 aliphatic rings. The molecule has 1 aromatic carbocycles. The first-order valence-corrected chi connectivity index (χ1v) is 8.00. The zero-order chi connectivity index (χ0) is 14.8. The van der Waals surface area contributed by atoms with Crippen molar-refractivity contribution in [3.8, 4) is 0 Å². The van der Waals surface area contributed by atoms with Crippen molar-refractivity contribution in [3.63, 3.8) is 0 Å². The summed E-state index contributed by atoms with van der Waals surface area (Å²) in [6.45, 7) is 9.52. The molecular weight excluding hydrogens is 288 g/mol. The fourth-order valence-electron chi connectivity index (χ4n) is 1.93. The second kappa shape index (κ2) is 6.25. The fraction of sp³-hybridized carbons (Fsp3) is 0.438. The van der Waals surface area contributed by atoms with E-state index in [1.807, 2.05) is 24.4 Å². The van der Waals surface area contributed by atoms with Crippen molar-refractivity contribution in [2.75, 3.05) is 0 Å². The van der Waals surface area contributed by atoms with E-state index in [0.717, 1.165) is 17.1 Å². The fourth-order valence-corrected chi connectivity index (χ4v) is 3.15. The Hall–Kier alpha value is -0.900. The number of benzene rings is 1. The molecule has 20 heavy (non-hydrogen) atoms.